The van der Waals surface area contributed by atoms with Gasteiger partial charge in [-0.1, -0.05) is 0 Å². The van der Waals surface area contributed by atoms with Gasteiger partial charge in [-0.05, 0) is 55.0 Å². The summed E-state index contributed by atoms with van der Waals surface area (Å²) in [6.07, 6.45) is 0. The summed E-state index contributed by atoms with van der Waals surface area (Å²) < 4.78 is 30.6. The zero-order valence-corrected chi connectivity index (χ0v) is 11.5. The molecule has 0 spiro atoms. The van der Waals surface area contributed by atoms with Gasteiger partial charge in [-0.3, -0.25) is 4.55 Å². The molecule has 104 valence electrons. The average Bonchev–Trinajstić information content (AvgIpc) is 2.40. The fourth-order valence-electron chi connectivity index (χ4n) is 1.52. The number of hydrogen-bond acceptors (Lipinski definition) is 5. The highest BCUT2D eigenvalue weighted by atomic mass is 32.2. The Morgan fingerprint density at radius 1 is 1.00 bits per heavy atom. The van der Waals surface area contributed by atoms with Gasteiger partial charge in [0.2, 0.25) is 0 Å². The van der Waals surface area contributed by atoms with Crippen LogP contribution in [0.4, 0.5) is 17.1 Å². The van der Waals surface area contributed by atoms with E-state index in [0.717, 1.165) is 5.56 Å². The van der Waals surface area contributed by atoms with Gasteiger partial charge in [-0.15, -0.1) is 0 Å². The van der Waals surface area contributed by atoms with Crippen LogP contribution in [0.1, 0.15) is 5.56 Å². The first-order valence-corrected chi connectivity index (χ1v) is 7.16. The second-order valence-electron chi connectivity index (χ2n) is 4.21. The lowest BCUT2D eigenvalue weighted by Gasteiger charge is -2.00. The van der Waals surface area contributed by atoms with Crippen LogP contribution in [0.3, 0.4) is 0 Å². The highest BCUT2D eigenvalue weighted by molar-refractivity contribution is 7.85. The summed E-state index contributed by atoms with van der Waals surface area (Å²) >= 11 is 0. The predicted molar refractivity (Wildman–Crippen MR) is 76.0 cm³/mol. The standard InChI is InChI=1S/C13H13N3O3S/c1-9-8-11(4-7-13(9)14)16-15-10-2-5-12(6-3-10)20(17,18)19/h2-8H,14H2,1H3,(H,17,18,19). The molecule has 0 saturated heterocycles. The molecule has 3 N–H and O–H groups in total. The van der Waals surface area contributed by atoms with Gasteiger partial charge in [0, 0.05) is 5.69 Å². The number of hydrogen-bond donors (Lipinski definition) is 2. The van der Waals surface area contributed by atoms with Crippen molar-refractivity contribution in [2.24, 2.45) is 10.2 Å². The van der Waals surface area contributed by atoms with Crippen molar-refractivity contribution in [3.05, 3.63) is 48.0 Å². The van der Waals surface area contributed by atoms with Crippen LogP contribution in [0.25, 0.3) is 0 Å². The predicted octanol–water partition coefficient (Wildman–Crippen LogP) is 3.24. The van der Waals surface area contributed by atoms with E-state index in [2.05, 4.69) is 10.2 Å². The van der Waals surface area contributed by atoms with Crippen LogP contribution in [0.5, 0.6) is 0 Å². The van der Waals surface area contributed by atoms with Crippen LogP contribution >= 0.6 is 0 Å². The molecule has 0 aliphatic heterocycles. The lowest BCUT2D eigenvalue weighted by Crippen LogP contribution is -1.96. The van der Waals surface area contributed by atoms with Crippen molar-refractivity contribution in [2.75, 3.05) is 5.73 Å². The summed E-state index contributed by atoms with van der Waals surface area (Å²) in [5, 5.41) is 8.01. The first-order valence-electron chi connectivity index (χ1n) is 5.72. The van der Waals surface area contributed by atoms with Crippen molar-refractivity contribution in [1.82, 2.24) is 0 Å². The Kier molecular flexibility index (Phi) is 3.82. The minimum Gasteiger partial charge on any atom is -0.399 e. The minimum absolute atomic E-state index is 0.181. The van der Waals surface area contributed by atoms with E-state index < -0.39 is 10.1 Å². The van der Waals surface area contributed by atoms with Crippen LogP contribution in [0.2, 0.25) is 0 Å². The highest BCUT2D eigenvalue weighted by Crippen LogP contribution is 2.22. The van der Waals surface area contributed by atoms with Crippen molar-refractivity contribution in [1.29, 1.82) is 0 Å². The minimum atomic E-state index is -4.18. The number of rotatable bonds is 3. The zero-order chi connectivity index (χ0) is 14.8. The Bertz CT molecular complexity index is 753. The van der Waals surface area contributed by atoms with Crippen molar-refractivity contribution in [3.8, 4) is 0 Å². The molecular formula is C13H13N3O3S. The number of anilines is 1. The lowest BCUT2D eigenvalue weighted by molar-refractivity contribution is 0.483. The average molecular weight is 291 g/mol. The van der Waals surface area contributed by atoms with Crippen LogP contribution in [0.15, 0.2) is 57.6 Å². The fraction of sp³-hybridized carbons (Fsp3) is 0.0769. The van der Waals surface area contributed by atoms with Gasteiger partial charge in [-0.2, -0.15) is 18.6 Å². The Hall–Kier alpha value is -2.25. The number of azo groups is 1. The van der Waals surface area contributed by atoms with E-state index in [4.69, 9.17) is 10.3 Å². The second kappa shape index (κ2) is 5.40. The molecule has 0 radical (unpaired) electrons. The summed E-state index contributed by atoms with van der Waals surface area (Å²) in [6, 6.07) is 10.7. The molecule has 0 heterocycles. The first-order chi connectivity index (χ1) is 9.36. The van der Waals surface area contributed by atoms with Gasteiger partial charge in [-0.25, -0.2) is 0 Å². The number of nitrogens with zero attached hydrogens (tertiary/aromatic N) is 2. The molecule has 7 heteroatoms. The van der Waals surface area contributed by atoms with Crippen LogP contribution in [-0.2, 0) is 10.1 Å². The van der Waals surface area contributed by atoms with E-state index in [1.54, 1.807) is 18.2 Å². The molecule has 0 aliphatic carbocycles. The Labute approximate surface area is 116 Å². The molecule has 20 heavy (non-hydrogen) atoms. The largest absolute Gasteiger partial charge is 0.399 e. The normalized spacial score (nSPS) is 11.9. The molecule has 0 saturated carbocycles. The Morgan fingerprint density at radius 3 is 2.10 bits per heavy atom. The maximum atomic E-state index is 10.9. The molecular weight excluding hydrogens is 278 g/mol. The van der Waals surface area contributed by atoms with Crippen molar-refractivity contribution in [2.45, 2.75) is 11.8 Å². The fourth-order valence-corrected chi connectivity index (χ4v) is 2.00. The lowest BCUT2D eigenvalue weighted by atomic mass is 10.2. The van der Waals surface area contributed by atoms with Crippen molar-refractivity contribution < 1.29 is 13.0 Å². The molecule has 0 bridgehead atoms. The molecule has 2 rings (SSSR count). The summed E-state index contributed by atoms with van der Waals surface area (Å²) in [6.45, 7) is 1.87. The molecule has 2 aromatic rings. The van der Waals surface area contributed by atoms with Gasteiger partial charge in [0.05, 0.1) is 16.3 Å². The summed E-state index contributed by atoms with van der Waals surface area (Å²) in [4.78, 5) is -0.181. The van der Waals surface area contributed by atoms with E-state index in [9.17, 15) is 8.42 Å². The zero-order valence-electron chi connectivity index (χ0n) is 10.7. The van der Waals surface area contributed by atoms with E-state index in [-0.39, 0.29) is 4.90 Å². The Balaban J connectivity index is 2.21. The van der Waals surface area contributed by atoms with Gasteiger partial charge in [0.1, 0.15) is 0 Å². The van der Waals surface area contributed by atoms with Crippen molar-refractivity contribution >= 4 is 27.2 Å². The SMILES string of the molecule is Cc1cc(N=Nc2ccc(S(=O)(=O)O)cc2)ccc1N. The maximum Gasteiger partial charge on any atom is 0.294 e. The van der Waals surface area contributed by atoms with E-state index in [1.807, 2.05) is 6.92 Å². The number of aryl methyl sites for hydroxylation is 1. The molecule has 0 aliphatic rings. The van der Waals surface area contributed by atoms with Crippen LogP contribution in [0, 0.1) is 6.92 Å². The third kappa shape index (κ3) is 3.40. The van der Waals surface area contributed by atoms with Crippen molar-refractivity contribution in [3.63, 3.8) is 0 Å². The summed E-state index contributed by atoms with van der Waals surface area (Å²) in [7, 11) is -4.18. The smallest absolute Gasteiger partial charge is 0.294 e. The molecule has 0 aromatic heterocycles. The van der Waals surface area contributed by atoms with Crippen LogP contribution < -0.4 is 5.73 Å². The number of nitrogens with two attached hydrogens (primary N) is 1. The third-order valence-corrected chi connectivity index (χ3v) is 3.54. The van der Waals surface area contributed by atoms with Crippen LogP contribution in [-0.4, -0.2) is 13.0 Å². The summed E-state index contributed by atoms with van der Waals surface area (Å²) in [5.74, 6) is 0. The van der Waals surface area contributed by atoms with Gasteiger partial charge < -0.3 is 5.73 Å². The molecule has 0 unspecified atom stereocenters. The van der Waals surface area contributed by atoms with E-state index in [1.165, 1.54) is 24.3 Å². The molecule has 0 atom stereocenters. The van der Waals surface area contributed by atoms with E-state index >= 15 is 0 Å². The quantitative estimate of drug-likeness (QED) is 0.514. The third-order valence-electron chi connectivity index (χ3n) is 2.67. The van der Waals surface area contributed by atoms with Gasteiger partial charge in [0.15, 0.2) is 0 Å². The number of nitrogen functional groups attached to an aromatic ring is 1. The maximum absolute atomic E-state index is 10.9. The highest BCUT2D eigenvalue weighted by Gasteiger charge is 2.07. The Morgan fingerprint density at radius 2 is 1.55 bits per heavy atom. The van der Waals surface area contributed by atoms with E-state index in [0.29, 0.717) is 17.1 Å². The first kappa shape index (κ1) is 14.2. The topological polar surface area (TPSA) is 105 Å². The molecule has 6 nitrogen and oxygen atoms in total. The summed E-state index contributed by atoms with van der Waals surface area (Å²) in [5.41, 5.74) is 8.42. The second-order valence-corrected chi connectivity index (χ2v) is 5.63. The molecule has 0 fully saturated rings. The number of benzene rings is 2. The van der Waals surface area contributed by atoms with Gasteiger partial charge in [0.25, 0.3) is 10.1 Å². The van der Waals surface area contributed by atoms with Gasteiger partial charge >= 0.3 is 0 Å². The molecule has 0 amide bonds. The monoisotopic (exact) mass is 291 g/mol. The molecule has 2 aromatic carbocycles.